The fourth-order valence-corrected chi connectivity index (χ4v) is 6.54. The van der Waals surface area contributed by atoms with Gasteiger partial charge in [0.1, 0.15) is 11.3 Å². The molecule has 3 aromatic heterocycles. The number of fused-ring (bicyclic) bond motifs is 3. The first kappa shape index (κ1) is 20.5. The van der Waals surface area contributed by atoms with Gasteiger partial charge in [0.25, 0.3) is 0 Å². The van der Waals surface area contributed by atoms with Gasteiger partial charge in [-0.15, -0.1) is 0 Å². The zero-order chi connectivity index (χ0) is 23.6. The van der Waals surface area contributed by atoms with Crippen molar-refractivity contribution in [3.05, 3.63) is 78.1 Å². The third-order valence-electron chi connectivity index (χ3n) is 8.30. The molecule has 3 N–H and O–H groups in total. The van der Waals surface area contributed by atoms with Crippen LogP contribution < -0.4 is 10.6 Å². The summed E-state index contributed by atoms with van der Waals surface area (Å²) in [4.78, 5) is 16.6. The van der Waals surface area contributed by atoms with Crippen molar-refractivity contribution in [3.63, 3.8) is 0 Å². The van der Waals surface area contributed by atoms with E-state index in [-0.39, 0.29) is 5.41 Å². The fourth-order valence-electron chi connectivity index (χ4n) is 6.54. The quantitative estimate of drug-likeness (QED) is 0.416. The highest BCUT2D eigenvalue weighted by atomic mass is 15.2. The lowest BCUT2D eigenvalue weighted by atomic mass is 9.88. The highest BCUT2D eigenvalue weighted by Gasteiger charge is 2.65. The van der Waals surface area contributed by atoms with Crippen LogP contribution in [-0.2, 0) is 5.41 Å². The number of H-pyrrole nitrogens is 1. The zero-order valence-electron chi connectivity index (χ0n) is 19.6. The maximum Gasteiger partial charge on any atom is 0.202 e. The van der Waals surface area contributed by atoms with E-state index in [0.29, 0.717) is 24.0 Å². The lowest BCUT2D eigenvalue weighted by molar-refractivity contribution is 0.545. The summed E-state index contributed by atoms with van der Waals surface area (Å²) in [6.07, 6.45) is 4.82. The van der Waals surface area contributed by atoms with Crippen LogP contribution in [0.2, 0.25) is 0 Å². The third kappa shape index (κ3) is 2.94. The molecule has 7 nitrogen and oxygen atoms in total. The molecule has 174 valence electrons. The molecule has 35 heavy (non-hydrogen) atoms. The first-order valence-corrected chi connectivity index (χ1v) is 12.3. The second kappa shape index (κ2) is 7.58. The predicted octanol–water partition coefficient (Wildman–Crippen LogP) is 4.23. The Morgan fingerprint density at radius 2 is 1.97 bits per heavy atom. The first-order chi connectivity index (χ1) is 17.2. The van der Waals surface area contributed by atoms with Crippen LogP contribution in [0.25, 0.3) is 33.3 Å². The lowest BCUT2D eigenvalue weighted by Gasteiger charge is -2.26. The van der Waals surface area contributed by atoms with Gasteiger partial charge in [-0.2, -0.15) is 5.10 Å². The van der Waals surface area contributed by atoms with Crippen molar-refractivity contribution in [1.29, 1.82) is 0 Å². The summed E-state index contributed by atoms with van der Waals surface area (Å²) in [7, 11) is 0. The van der Waals surface area contributed by atoms with E-state index in [0.717, 1.165) is 53.0 Å². The van der Waals surface area contributed by atoms with E-state index in [2.05, 4.69) is 63.4 Å². The van der Waals surface area contributed by atoms with Crippen molar-refractivity contribution in [3.8, 4) is 11.3 Å². The summed E-state index contributed by atoms with van der Waals surface area (Å²) in [6.45, 7) is 4.80. The van der Waals surface area contributed by atoms with Crippen LogP contribution in [-0.4, -0.2) is 44.8 Å². The molecule has 1 saturated carbocycles. The topological polar surface area (TPSA) is 96.6 Å². The number of hydrogen-bond donors (Lipinski definition) is 2. The molecule has 1 aliphatic heterocycles. The molecule has 2 aromatic carbocycles. The third-order valence-corrected chi connectivity index (χ3v) is 8.30. The standard InChI is InChI=1S/C28H27N7/c1-17-6-2-3-9-20(17)28(16-29)21-11-13-35(15-22(21)28)24-14-31-26-25(33-34-27(26)32-24)19-7-4-10-23-18(19)8-5-12-30-23/h2-10,12,14,21-22H,11,13,15-16,29H2,1H3,(H,32,33,34). The largest absolute Gasteiger partial charge is 0.355 e. The summed E-state index contributed by atoms with van der Waals surface area (Å²) < 4.78 is 0. The Morgan fingerprint density at radius 1 is 1.06 bits per heavy atom. The number of nitrogens with one attached hydrogen (secondary N) is 1. The maximum atomic E-state index is 6.42. The molecule has 0 bridgehead atoms. The van der Waals surface area contributed by atoms with Crippen molar-refractivity contribution in [2.45, 2.75) is 18.8 Å². The van der Waals surface area contributed by atoms with E-state index in [9.17, 15) is 0 Å². The second-order valence-electron chi connectivity index (χ2n) is 9.88. The molecule has 7 heteroatoms. The summed E-state index contributed by atoms with van der Waals surface area (Å²) in [5.41, 5.74) is 13.5. The smallest absolute Gasteiger partial charge is 0.202 e. The number of rotatable bonds is 4. The Kier molecular flexibility index (Phi) is 4.45. The minimum Gasteiger partial charge on any atom is -0.355 e. The van der Waals surface area contributed by atoms with Gasteiger partial charge in [0.2, 0.25) is 5.65 Å². The Hall–Kier alpha value is -3.84. The van der Waals surface area contributed by atoms with Crippen LogP contribution in [0, 0.1) is 18.8 Å². The summed E-state index contributed by atoms with van der Waals surface area (Å²) in [5.74, 6) is 2.06. The molecule has 1 saturated heterocycles. The average Bonchev–Trinajstić information content (AvgIpc) is 3.37. The molecule has 2 aliphatic rings. The van der Waals surface area contributed by atoms with Gasteiger partial charge < -0.3 is 10.6 Å². The molecule has 0 radical (unpaired) electrons. The molecule has 0 amide bonds. The average molecular weight is 462 g/mol. The Bertz CT molecular complexity index is 1570. The number of aryl methyl sites for hydroxylation is 1. The van der Waals surface area contributed by atoms with Crippen molar-refractivity contribution < 1.29 is 0 Å². The summed E-state index contributed by atoms with van der Waals surface area (Å²) in [6, 6.07) is 18.8. The summed E-state index contributed by atoms with van der Waals surface area (Å²) in [5, 5.41) is 8.77. The number of piperidine rings is 1. The van der Waals surface area contributed by atoms with Crippen LogP contribution >= 0.6 is 0 Å². The Labute approximate surface area is 203 Å². The first-order valence-electron chi connectivity index (χ1n) is 12.3. The van der Waals surface area contributed by atoms with Crippen LogP contribution in [0.1, 0.15) is 17.5 Å². The highest BCUT2D eigenvalue weighted by Crippen LogP contribution is 2.63. The number of aromatic nitrogens is 5. The normalized spacial score (nSPS) is 23.5. The fraction of sp³-hybridized carbons (Fsp3) is 0.286. The highest BCUT2D eigenvalue weighted by molar-refractivity contribution is 6.00. The number of anilines is 1. The van der Waals surface area contributed by atoms with Gasteiger partial charge in [0, 0.05) is 42.2 Å². The Morgan fingerprint density at radius 3 is 2.86 bits per heavy atom. The molecule has 2 fully saturated rings. The van der Waals surface area contributed by atoms with Crippen LogP contribution in [0.15, 0.2) is 67.0 Å². The molecule has 0 spiro atoms. The van der Waals surface area contributed by atoms with Crippen LogP contribution in [0.4, 0.5) is 5.82 Å². The van der Waals surface area contributed by atoms with Gasteiger partial charge in [-0.1, -0.05) is 42.5 Å². The van der Waals surface area contributed by atoms with Crippen LogP contribution in [0.3, 0.4) is 0 Å². The maximum absolute atomic E-state index is 6.42. The number of benzene rings is 2. The number of hydrogen-bond acceptors (Lipinski definition) is 6. The molecule has 7 rings (SSSR count). The molecule has 5 aromatic rings. The van der Waals surface area contributed by atoms with E-state index < -0.39 is 0 Å². The molecule has 1 aliphatic carbocycles. The van der Waals surface area contributed by atoms with E-state index in [1.54, 1.807) is 0 Å². The monoisotopic (exact) mass is 461 g/mol. The number of nitrogens with two attached hydrogens (primary N) is 1. The van der Waals surface area contributed by atoms with Crippen molar-refractivity contribution in [2.75, 3.05) is 24.5 Å². The Balaban J connectivity index is 1.21. The van der Waals surface area contributed by atoms with Gasteiger partial charge in [0.15, 0.2) is 0 Å². The minimum absolute atomic E-state index is 0.0829. The zero-order valence-corrected chi connectivity index (χ0v) is 19.6. The second-order valence-corrected chi connectivity index (χ2v) is 9.88. The molecule has 4 heterocycles. The number of nitrogens with zero attached hydrogens (tertiary/aromatic N) is 5. The van der Waals surface area contributed by atoms with Crippen molar-refractivity contribution in [2.24, 2.45) is 17.6 Å². The van der Waals surface area contributed by atoms with Gasteiger partial charge in [-0.3, -0.25) is 10.1 Å². The summed E-state index contributed by atoms with van der Waals surface area (Å²) >= 11 is 0. The van der Waals surface area contributed by atoms with E-state index >= 15 is 0 Å². The van der Waals surface area contributed by atoms with Gasteiger partial charge in [-0.05, 0) is 48.4 Å². The molecule has 3 atom stereocenters. The van der Waals surface area contributed by atoms with E-state index in [4.69, 9.17) is 15.7 Å². The van der Waals surface area contributed by atoms with Gasteiger partial charge in [-0.25, -0.2) is 9.97 Å². The van der Waals surface area contributed by atoms with Crippen molar-refractivity contribution >= 4 is 27.9 Å². The van der Waals surface area contributed by atoms with Gasteiger partial charge in [0.05, 0.1) is 17.4 Å². The number of pyridine rings is 1. The molecular weight excluding hydrogens is 434 g/mol. The predicted molar refractivity (Wildman–Crippen MR) is 138 cm³/mol. The minimum atomic E-state index is 0.0829. The van der Waals surface area contributed by atoms with Gasteiger partial charge >= 0.3 is 0 Å². The van der Waals surface area contributed by atoms with Crippen molar-refractivity contribution in [1.82, 2.24) is 25.1 Å². The SMILES string of the molecule is Cc1ccccc1C1(CN)C2CCN(c3cnc4c(-c5cccc6ncccc56)[nH]nc4n3)CC21. The van der Waals surface area contributed by atoms with E-state index in [1.807, 2.05) is 30.6 Å². The lowest BCUT2D eigenvalue weighted by Crippen LogP contribution is -2.32. The molecular formula is C28H27N7. The van der Waals surface area contributed by atoms with Crippen LogP contribution in [0.5, 0.6) is 0 Å². The number of aromatic amines is 1. The van der Waals surface area contributed by atoms with E-state index in [1.165, 1.54) is 11.1 Å². The molecule has 3 unspecified atom stereocenters.